The second-order valence-electron chi connectivity index (χ2n) is 5.84. The van der Waals surface area contributed by atoms with Gasteiger partial charge in [0.2, 0.25) is 0 Å². The van der Waals surface area contributed by atoms with Gasteiger partial charge in [0.05, 0.1) is 5.69 Å². The summed E-state index contributed by atoms with van der Waals surface area (Å²) in [6.07, 6.45) is 6.88. The van der Waals surface area contributed by atoms with Crippen LogP contribution >= 0.6 is 0 Å². The Morgan fingerprint density at radius 1 is 1.25 bits per heavy atom. The molecule has 2 heteroatoms. The van der Waals surface area contributed by atoms with Crippen LogP contribution in [0.15, 0.2) is 35.3 Å². The fourth-order valence-corrected chi connectivity index (χ4v) is 1.77. The van der Waals surface area contributed by atoms with E-state index >= 15 is 0 Å². The number of nitrogens with zero attached hydrogens (tertiary/aromatic N) is 2. The highest BCUT2D eigenvalue weighted by atomic mass is 15.1. The van der Waals surface area contributed by atoms with Gasteiger partial charge in [-0.05, 0) is 42.9 Å². The van der Waals surface area contributed by atoms with E-state index in [4.69, 9.17) is 0 Å². The summed E-state index contributed by atoms with van der Waals surface area (Å²) < 4.78 is 0. The molecule has 1 rings (SSSR count). The second kappa shape index (κ2) is 7.28. The van der Waals surface area contributed by atoms with Crippen molar-refractivity contribution < 1.29 is 0 Å². The lowest BCUT2D eigenvalue weighted by Crippen LogP contribution is -2.17. The largest absolute Gasteiger partial charge is 0.366 e. The van der Waals surface area contributed by atoms with Crippen LogP contribution in [-0.2, 0) is 0 Å². The Balaban J connectivity index is 2.94. The Kier molecular flexibility index (Phi) is 6.00. The van der Waals surface area contributed by atoms with Crippen molar-refractivity contribution in [2.75, 3.05) is 14.1 Å². The van der Waals surface area contributed by atoms with Crippen LogP contribution in [0.5, 0.6) is 0 Å². The highest BCUT2D eigenvalue weighted by Crippen LogP contribution is 2.28. The molecule has 0 heterocycles. The highest BCUT2D eigenvalue weighted by Gasteiger charge is 2.14. The van der Waals surface area contributed by atoms with Crippen molar-refractivity contribution in [3.05, 3.63) is 35.9 Å². The third-order valence-corrected chi connectivity index (χ3v) is 4.10. The molecule has 0 unspecified atom stereocenters. The summed E-state index contributed by atoms with van der Waals surface area (Å²) in [6, 6.07) is 8.38. The Morgan fingerprint density at radius 3 is 2.45 bits per heavy atom. The van der Waals surface area contributed by atoms with Gasteiger partial charge in [-0.3, -0.25) is 0 Å². The quantitative estimate of drug-likeness (QED) is 0.535. The fraction of sp³-hybridized carbons (Fsp3) is 0.500. The van der Waals surface area contributed by atoms with E-state index < -0.39 is 0 Å². The molecule has 0 aliphatic heterocycles. The maximum atomic E-state index is 4.61. The molecule has 0 radical (unpaired) electrons. The summed E-state index contributed by atoms with van der Waals surface area (Å²) in [5.74, 6) is 1.01. The fourth-order valence-electron chi connectivity index (χ4n) is 1.77. The van der Waals surface area contributed by atoms with Crippen LogP contribution < -0.4 is 0 Å². The number of amidine groups is 1. The smallest absolute Gasteiger partial charge is 0.101 e. The molecule has 2 nitrogen and oxygen atoms in total. The molecule has 1 aromatic rings. The molecule has 0 atom stereocenters. The number of hydrogen-bond acceptors (Lipinski definition) is 1. The number of hydrogen-bond donors (Lipinski definition) is 0. The van der Waals surface area contributed by atoms with E-state index in [1.807, 2.05) is 32.0 Å². The molecule has 20 heavy (non-hydrogen) atoms. The van der Waals surface area contributed by atoms with Crippen LogP contribution in [0.25, 0.3) is 6.08 Å². The van der Waals surface area contributed by atoms with Gasteiger partial charge in [0.1, 0.15) is 5.84 Å². The summed E-state index contributed by atoms with van der Waals surface area (Å²) in [5, 5.41) is 0. The predicted molar refractivity (Wildman–Crippen MR) is 90.6 cm³/mol. The first kappa shape index (κ1) is 16.5. The summed E-state index contributed by atoms with van der Waals surface area (Å²) in [5.41, 5.74) is 2.51. The average molecular weight is 272 g/mol. The number of allylic oxidation sites excluding steroid dienone is 1. The zero-order chi connectivity index (χ0) is 15.2. The summed E-state index contributed by atoms with van der Waals surface area (Å²) in [6.45, 7) is 8.82. The van der Waals surface area contributed by atoms with Crippen LogP contribution in [0, 0.1) is 5.41 Å². The molecule has 0 saturated carbocycles. The first-order valence-corrected chi connectivity index (χ1v) is 7.42. The van der Waals surface area contributed by atoms with E-state index in [0.717, 1.165) is 24.4 Å². The van der Waals surface area contributed by atoms with Gasteiger partial charge < -0.3 is 4.90 Å². The van der Waals surface area contributed by atoms with Crippen molar-refractivity contribution in [3.63, 3.8) is 0 Å². The zero-order valence-corrected chi connectivity index (χ0v) is 13.8. The summed E-state index contributed by atoms with van der Waals surface area (Å²) >= 11 is 0. The number of rotatable bonds is 5. The Bertz CT molecular complexity index is 480. The molecular weight excluding hydrogens is 244 g/mol. The standard InChI is InChI=1S/C18H28N2/c1-7-18(4,8-2)13-12-16-10-9-11-17(14-16)19-15(3)20(5)6/h9-14H,7-8H2,1-6H3. The first-order chi connectivity index (χ1) is 9.40. The normalized spacial score (nSPS) is 13.0. The molecule has 0 aliphatic carbocycles. The second-order valence-corrected chi connectivity index (χ2v) is 5.84. The van der Waals surface area contributed by atoms with Crippen molar-refractivity contribution >= 4 is 17.6 Å². The van der Waals surface area contributed by atoms with Crippen LogP contribution in [0.3, 0.4) is 0 Å². The van der Waals surface area contributed by atoms with E-state index in [2.05, 4.69) is 56.1 Å². The topological polar surface area (TPSA) is 15.6 Å². The van der Waals surface area contributed by atoms with Crippen molar-refractivity contribution in [2.45, 2.75) is 40.5 Å². The summed E-state index contributed by atoms with van der Waals surface area (Å²) in [4.78, 5) is 6.63. The lowest BCUT2D eigenvalue weighted by molar-refractivity contribution is 0.398. The minimum Gasteiger partial charge on any atom is -0.366 e. The molecule has 0 aliphatic rings. The minimum absolute atomic E-state index is 0.291. The third kappa shape index (κ3) is 4.84. The molecule has 0 N–H and O–H groups in total. The van der Waals surface area contributed by atoms with E-state index in [1.165, 1.54) is 5.56 Å². The Morgan fingerprint density at radius 2 is 1.90 bits per heavy atom. The van der Waals surface area contributed by atoms with Gasteiger partial charge >= 0.3 is 0 Å². The molecule has 110 valence electrons. The van der Waals surface area contributed by atoms with E-state index in [1.54, 1.807) is 0 Å². The van der Waals surface area contributed by atoms with Crippen molar-refractivity contribution in [1.82, 2.24) is 4.90 Å². The number of benzene rings is 1. The van der Waals surface area contributed by atoms with Gasteiger partial charge in [0.25, 0.3) is 0 Å². The van der Waals surface area contributed by atoms with E-state index in [-0.39, 0.29) is 0 Å². The molecule has 0 bridgehead atoms. The van der Waals surface area contributed by atoms with Crippen LogP contribution in [0.4, 0.5) is 5.69 Å². The average Bonchev–Trinajstić information content (AvgIpc) is 2.45. The van der Waals surface area contributed by atoms with Crippen molar-refractivity contribution in [2.24, 2.45) is 10.4 Å². The van der Waals surface area contributed by atoms with Gasteiger partial charge in [-0.1, -0.05) is 45.1 Å². The van der Waals surface area contributed by atoms with Gasteiger partial charge in [-0.15, -0.1) is 0 Å². The Hall–Kier alpha value is -1.57. The minimum atomic E-state index is 0.291. The van der Waals surface area contributed by atoms with Crippen molar-refractivity contribution in [3.8, 4) is 0 Å². The molecular formula is C18H28N2. The molecule has 0 aromatic heterocycles. The molecule has 0 saturated heterocycles. The van der Waals surface area contributed by atoms with E-state index in [0.29, 0.717) is 5.41 Å². The van der Waals surface area contributed by atoms with Crippen LogP contribution in [0.2, 0.25) is 0 Å². The maximum absolute atomic E-state index is 4.61. The highest BCUT2D eigenvalue weighted by molar-refractivity contribution is 5.82. The van der Waals surface area contributed by atoms with Gasteiger partial charge in [0.15, 0.2) is 0 Å². The molecule has 0 amide bonds. The monoisotopic (exact) mass is 272 g/mol. The van der Waals surface area contributed by atoms with Crippen LogP contribution in [0.1, 0.15) is 46.1 Å². The molecule has 0 fully saturated rings. The predicted octanol–water partition coefficient (Wildman–Crippen LogP) is 5.14. The summed E-state index contributed by atoms with van der Waals surface area (Å²) in [7, 11) is 4.02. The van der Waals surface area contributed by atoms with E-state index in [9.17, 15) is 0 Å². The van der Waals surface area contributed by atoms with Gasteiger partial charge in [-0.25, -0.2) is 4.99 Å². The van der Waals surface area contributed by atoms with Gasteiger partial charge in [0, 0.05) is 14.1 Å². The molecule has 1 aromatic carbocycles. The maximum Gasteiger partial charge on any atom is 0.101 e. The number of aliphatic imine (C=N–C) groups is 1. The lowest BCUT2D eigenvalue weighted by Gasteiger charge is -2.21. The van der Waals surface area contributed by atoms with Crippen molar-refractivity contribution in [1.29, 1.82) is 0 Å². The zero-order valence-electron chi connectivity index (χ0n) is 13.8. The van der Waals surface area contributed by atoms with Crippen LogP contribution in [-0.4, -0.2) is 24.8 Å². The third-order valence-electron chi connectivity index (χ3n) is 4.10. The molecule has 0 spiro atoms. The first-order valence-electron chi connectivity index (χ1n) is 7.42. The Labute approximate surface area is 124 Å². The SMILES string of the molecule is CCC(C)(C=Cc1cccc(N=C(C)N(C)C)c1)CC. The lowest BCUT2D eigenvalue weighted by atomic mass is 9.84. The van der Waals surface area contributed by atoms with Gasteiger partial charge in [-0.2, -0.15) is 0 Å².